The first-order valence-corrected chi connectivity index (χ1v) is 6.41. The Kier molecular flexibility index (Phi) is 2.79. The number of hydrogen-bond acceptors (Lipinski definition) is 1. The van der Waals surface area contributed by atoms with Gasteiger partial charge in [-0.3, -0.25) is 0 Å². The van der Waals surface area contributed by atoms with Crippen LogP contribution in [0.4, 0.5) is 0 Å². The molecule has 1 saturated carbocycles. The summed E-state index contributed by atoms with van der Waals surface area (Å²) in [5, 5.41) is 3.75. The van der Waals surface area contributed by atoms with Crippen LogP contribution >= 0.6 is 0 Å². The molecule has 0 spiro atoms. The molecule has 1 aromatic carbocycles. The lowest BCUT2D eigenvalue weighted by atomic mass is 10.0. The van der Waals surface area contributed by atoms with E-state index < -0.39 is 0 Å². The van der Waals surface area contributed by atoms with Gasteiger partial charge in [-0.25, -0.2) is 0 Å². The molecule has 1 fully saturated rings. The first kappa shape index (κ1) is 10.1. The third-order valence-corrected chi connectivity index (χ3v) is 3.70. The largest absolute Gasteiger partial charge is 0.307 e. The van der Waals surface area contributed by atoms with Crippen molar-refractivity contribution < 1.29 is 0 Å². The zero-order valence-electron chi connectivity index (χ0n) is 9.60. The fourth-order valence-electron chi connectivity index (χ4n) is 2.67. The molecule has 0 saturated heterocycles. The van der Waals surface area contributed by atoms with Crippen LogP contribution in [0.2, 0.25) is 0 Å². The molecule has 0 bridgehead atoms. The number of allylic oxidation sites excluding steroid dienone is 1. The Bertz CT molecular complexity index is 368. The van der Waals surface area contributed by atoms with Crippen molar-refractivity contribution in [1.29, 1.82) is 0 Å². The zero-order chi connectivity index (χ0) is 10.8. The lowest BCUT2D eigenvalue weighted by Gasteiger charge is -2.18. The Morgan fingerprint density at radius 1 is 1.12 bits per heavy atom. The predicted octanol–water partition coefficient (Wildman–Crippen LogP) is 3.24. The number of benzene rings is 1. The van der Waals surface area contributed by atoms with Gasteiger partial charge in [0, 0.05) is 18.0 Å². The minimum atomic E-state index is 0.632. The monoisotopic (exact) mass is 213 g/mol. The molecule has 3 rings (SSSR count). The van der Waals surface area contributed by atoms with Crippen LogP contribution < -0.4 is 5.32 Å². The van der Waals surface area contributed by atoms with E-state index in [4.69, 9.17) is 0 Å². The standard InChI is InChI=1S/C15H19N/c1-3-7-12(8-4-1)14-11-15(14)16-13-9-5-2-6-10-13/h1,3-5,7-9,13-16H,2,6,10-11H2. The van der Waals surface area contributed by atoms with Crippen LogP contribution in [0.1, 0.15) is 37.2 Å². The maximum atomic E-state index is 3.75. The zero-order valence-corrected chi connectivity index (χ0v) is 9.60. The summed E-state index contributed by atoms with van der Waals surface area (Å²) in [5.41, 5.74) is 1.50. The van der Waals surface area contributed by atoms with Crippen LogP contribution in [0, 0.1) is 0 Å². The summed E-state index contributed by atoms with van der Waals surface area (Å²) in [6, 6.07) is 12.2. The highest BCUT2D eigenvalue weighted by atomic mass is 15.0. The summed E-state index contributed by atoms with van der Waals surface area (Å²) in [6.07, 6.45) is 9.91. The van der Waals surface area contributed by atoms with E-state index in [2.05, 4.69) is 47.8 Å². The van der Waals surface area contributed by atoms with E-state index in [0.29, 0.717) is 6.04 Å². The fraction of sp³-hybridized carbons (Fsp3) is 0.467. The van der Waals surface area contributed by atoms with Gasteiger partial charge in [0.2, 0.25) is 0 Å². The van der Waals surface area contributed by atoms with Crippen LogP contribution in [0.25, 0.3) is 0 Å². The maximum absolute atomic E-state index is 3.75. The normalized spacial score (nSPS) is 32.6. The lowest BCUT2D eigenvalue weighted by molar-refractivity contribution is 0.515. The molecular weight excluding hydrogens is 194 g/mol. The Balaban J connectivity index is 1.56. The molecule has 16 heavy (non-hydrogen) atoms. The third kappa shape index (κ3) is 2.19. The van der Waals surface area contributed by atoms with E-state index in [1.54, 1.807) is 0 Å². The summed E-state index contributed by atoms with van der Waals surface area (Å²) in [4.78, 5) is 0. The molecule has 0 aromatic heterocycles. The van der Waals surface area contributed by atoms with Gasteiger partial charge in [0.05, 0.1) is 0 Å². The van der Waals surface area contributed by atoms with Gasteiger partial charge in [0.15, 0.2) is 0 Å². The number of hydrogen-bond donors (Lipinski definition) is 1. The van der Waals surface area contributed by atoms with Crippen molar-refractivity contribution in [3.63, 3.8) is 0 Å². The second kappa shape index (κ2) is 4.42. The first-order valence-electron chi connectivity index (χ1n) is 6.41. The van der Waals surface area contributed by atoms with E-state index in [-0.39, 0.29) is 0 Å². The second-order valence-electron chi connectivity index (χ2n) is 4.99. The quantitative estimate of drug-likeness (QED) is 0.760. The first-order chi connectivity index (χ1) is 7.93. The van der Waals surface area contributed by atoms with Crippen molar-refractivity contribution in [3.8, 4) is 0 Å². The molecule has 1 N–H and O–H groups in total. The van der Waals surface area contributed by atoms with E-state index in [1.165, 1.54) is 31.2 Å². The minimum absolute atomic E-state index is 0.632. The predicted molar refractivity (Wildman–Crippen MR) is 67.5 cm³/mol. The van der Waals surface area contributed by atoms with Crippen LogP contribution in [-0.4, -0.2) is 12.1 Å². The van der Waals surface area contributed by atoms with Crippen molar-refractivity contribution >= 4 is 0 Å². The van der Waals surface area contributed by atoms with Crippen LogP contribution in [-0.2, 0) is 0 Å². The summed E-state index contributed by atoms with van der Waals surface area (Å²) < 4.78 is 0. The SMILES string of the molecule is C1=CC(NC2CC2c2ccccc2)CCC1. The van der Waals surface area contributed by atoms with Crippen LogP contribution in [0.3, 0.4) is 0 Å². The average Bonchev–Trinajstić information content (AvgIpc) is 3.11. The summed E-state index contributed by atoms with van der Waals surface area (Å²) in [5.74, 6) is 0.761. The Labute approximate surface area is 97.6 Å². The molecule has 1 nitrogen and oxygen atoms in total. The summed E-state index contributed by atoms with van der Waals surface area (Å²) in [6.45, 7) is 0. The molecule has 3 unspecified atom stereocenters. The topological polar surface area (TPSA) is 12.0 Å². The van der Waals surface area contributed by atoms with Gasteiger partial charge in [-0.1, -0.05) is 42.5 Å². The smallest absolute Gasteiger partial charge is 0.0252 e. The molecule has 3 atom stereocenters. The Morgan fingerprint density at radius 3 is 2.75 bits per heavy atom. The molecule has 1 aromatic rings. The van der Waals surface area contributed by atoms with Gasteiger partial charge in [-0.05, 0) is 31.2 Å². The van der Waals surface area contributed by atoms with Gasteiger partial charge < -0.3 is 5.32 Å². The highest BCUT2D eigenvalue weighted by Gasteiger charge is 2.38. The van der Waals surface area contributed by atoms with E-state index in [1.807, 2.05) is 0 Å². The molecule has 0 radical (unpaired) electrons. The highest BCUT2D eigenvalue weighted by molar-refractivity contribution is 5.28. The average molecular weight is 213 g/mol. The van der Waals surface area contributed by atoms with E-state index in [9.17, 15) is 0 Å². The highest BCUT2D eigenvalue weighted by Crippen LogP contribution is 2.41. The second-order valence-corrected chi connectivity index (χ2v) is 4.99. The van der Waals surface area contributed by atoms with Gasteiger partial charge in [0.1, 0.15) is 0 Å². The Hall–Kier alpha value is -1.08. The number of rotatable bonds is 3. The van der Waals surface area contributed by atoms with Gasteiger partial charge in [-0.2, -0.15) is 0 Å². The van der Waals surface area contributed by atoms with Crippen molar-refractivity contribution in [3.05, 3.63) is 48.0 Å². The van der Waals surface area contributed by atoms with Crippen LogP contribution in [0.15, 0.2) is 42.5 Å². The van der Waals surface area contributed by atoms with Crippen molar-refractivity contribution in [1.82, 2.24) is 5.32 Å². The maximum Gasteiger partial charge on any atom is 0.0252 e. The molecule has 1 heteroatoms. The summed E-state index contributed by atoms with van der Waals surface area (Å²) >= 11 is 0. The van der Waals surface area contributed by atoms with E-state index >= 15 is 0 Å². The van der Waals surface area contributed by atoms with E-state index in [0.717, 1.165) is 12.0 Å². The van der Waals surface area contributed by atoms with Crippen molar-refractivity contribution in [2.24, 2.45) is 0 Å². The van der Waals surface area contributed by atoms with Crippen molar-refractivity contribution in [2.45, 2.75) is 43.7 Å². The molecule has 2 aliphatic rings. The van der Waals surface area contributed by atoms with Gasteiger partial charge in [0.25, 0.3) is 0 Å². The molecule has 0 aliphatic heterocycles. The number of nitrogens with one attached hydrogen (secondary N) is 1. The molecule has 0 heterocycles. The molecule has 0 amide bonds. The van der Waals surface area contributed by atoms with Crippen molar-refractivity contribution in [2.75, 3.05) is 0 Å². The van der Waals surface area contributed by atoms with Gasteiger partial charge >= 0.3 is 0 Å². The summed E-state index contributed by atoms with van der Waals surface area (Å²) in [7, 11) is 0. The third-order valence-electron chi connectivity index (χ3n) is 3.70. The molecular formula is C15H19N. The molecule has 84 valence electrons. The van der Waals surface area contributed by atoms with Gasteiger partial charge in [-0.15, -0.1) is 0 Å². The Morgan fingerprint density at radius 2 is 2.00 bits per heavy atom. The van der Waals surface area contributed by atoms with Crippen LogP contribution in [0.5, 0.6) is 0 Å². The minimum Gasteiger partial charge on any atom is -0.307 e. The fourth-order valence-corrected chi connectivity index (χ4v) is 2.67. The molecule has 2 aliphatic carbocycles. The lowest BCUT2D eigenvalue weighted by Crippen LogP contribution is -2.31.